The molecule has 0 amide bonds. The molecule has 1 aromatic heterocycles. The molecular weight excluding hydrogens is 290 g/mol. The van der Waals surface area contributed by atoms with E-state index in [4.69, 9.17) is 4.52 Å². The van der Waals surface area contributed by atoms with Gasteiger partial charge in [0.1, 0.15) is 5.82 Å². The van der Waals surface area contributed by atoms with Crippen LogP contribution in [-0.2, 0) is 19.1 Å². The molecule has 1 N–H and O–H groups in total. The van der Waals surface area contributed by atoms with Crippen LogP contribution >= 0.6 is 0 Å². The van der Waals surface area contributed by atoms with E-state index in [1.54, 1.807) is 6.92 Å². The minimum atomic E-state index is -4.56. The maximum Gasteiger partial charge on any atom is 0.416 e. The van der Waals surface area contributed by atoms with Crippen molar-refractivity contribution >= 4 is 0 Å². The summed E-state index contributed by atoms with van der Waals surface area (Å²) in [5.74, 6) is 0.0515. The van der Waals surface area contributed by atoms with Crippen LogP contribution in [0.25, 0.3) is 0 Å². The highest BCUT2D eigenvalue weighted by Gasteiger charge is 2.31. The molecule has 114 valence electrons. The van der Waals surface area contributed by atoms with E-state index in [-0.39, 0.29) is 12.1 Å². The molecule has 0 fully saturated rings. The summed E-state index contributed by atoms with van der Waals surface area (Å²) in [7, 11) is 0. The molecule has 0 atom stereocenters. The Morgan fingerprint density at radius 3 is 2.62 bits per heavy atom. The van der Waals surface area contributed by atoms with Crippen molar-refractivity contribution in [1.82, 2.24) is 15.5 Å². The van der Waals surface area contributed by atoms with Crippen LogP contribution in [0.15, 0.2) is 22.7 Å². The number of hydrogen-bond acceptors (Lipinski definition) is 4. The highest BCUT2D eigenvalue weighted by molar-refractivity contribution is 5.26. The number of halogens is 4. The molecule has 8 heteroatoms. The van der Waals surface area contributed by atoms with Gasteiger partial charge in [0, 0.05) is 26.4 Å². The lowest BCUT2D eigenvalue weighted by atomic mass is 10.1. The van der Waals surface area contributed by atoms with Gasteiger partial charge < -0.3 is 9.84 Å². The van der Waals surface area contributed by atoms with E-state index in [0.29, 0.717) is 30.7 Å². The molecule has 2 aromatic rings. The molecule has 4 nitrogen and oxygen atoms in total. The lowest BCUT2D eigenvalue weighted by molar-refractivity contribution is -0.137. The van der Waals surface area contributed by atoms with Crippen LogP contribution in [0.2, 0.25) is 0 Å². The molecule has 0 aliphatic rings. The highest BCUT2D eigenvalue weighted by Crippen LogP contribution is 2.30. The van der Waals surface area contributed by atoms with Crippen LogP contribution in [0, 0.1) is 12.7 Å². The summed E-state index contributed by atoms with van der Waals surface area (Å²) in [5, 5.41) is 6.60. The first kappa shape index (κ1) is 15.4. The lowest BCUT2D eigenvalue weighted by Gasteiger charge is -2.10. The van der Waals surface area contributed by atoms with Crippen molar-refractivity contribution in [3.8, 4) is 0 Å². The average molecular weight is 303 g/mol. The number of hydrogen-bond donors (Lipinski definition) is 1. The van der Waals surface area contributed by atoms with E-state index >= 15 is 0 Å². The normalized spacial score (nSPS) is 11.9. The van der Waals surface area contributed by atoms with Crippen LogP contribution in [0.1, 0.15) is 22.8 Å². The molecule has 0 aliphatic heterocycles. The van der Waals surface area contributed by atoms with Crippen molar-refractivity contribution < 1.29 is 22.1 Å². The summed E-state index contributed by atoms with van der Waals surface area (Å²) in [5.41, 5.74) is -0.764. The molecule has 0 bridgehead atoms. The van der Waals surface area contributed by atoms with Crippen molar-refractivity contribution in [2.45, 2.75) is 26.1 Å². The summed E-state index contributed by atoms with van der Waals surface area (Å²) in [6, 6.07) is 2.47. The molecule has 0 saturated heterocycles. The number of nitrogens with zero attached hydrogens (tertiary/aromatic N) is 2. The van der Waals surface area contributed by atoms with Crippen LogP contribution in [0.5, 0.6) is 0 Å². The number of rotatable bonds is 5. The van der Waals surface area contributed by atoms with Gasteiger partial charge in [-0.1, -0.05) is 5.16 Å². The Balaban J connectivity index is 1.89. The standard InChI is InChI=1S/C13H13F4N3O/c1-8-19-12(20-21-8)2-3-18-7-9-4-10(13(15,16)17)6-11(14)5-9/h4-6,18H,2-3,7H2,1H3. The predicted octanol–water partition coefficient (Wildman–Crippen LogP) is 2.87. The van der Waals surface area contributed by atoms with Gasteiger partial charge in [-0.15, -0.1) is 0 Å². The topological polar surface area (TPSA) is 51.0 Å². The van der Waals surface area contributed by atoms with Gasteiger partial charge in [-0.25, -0.2) is 4.39 Å². The van der Waals surface area contributed by atoms with Crippen molar-refractivity contribution in [3.63, 3.8) is 0 Å². The second kappa shape index (κ2) is 6.21. The Hall–Kier alpha value is -1.96. The highest BCUT2D eigenvalue weighted by atomic mass is 19.4. The van der Waals surface area contributed by atoms with Crippen molar-refractivity contribution in [2.75, 3.05) is 6.54 Å². The zero-order valence-electron chi connectivity index (χ0n) is 11.2. The van der Waals surface area contributed by atoms with E-state index in [1.165, 1.54) is 0 Å². The number of benzene rings is 1. The largest absolute Gasteiger partial charge is 0.416 e. The van der Waals surface area contributed by atoms with Gasteiger partial charge in [-0.05, 0) is 23.8 Å². The molecule has 1 aromatic carbocycles. The smallest absolute Gasteiger partial charge is 0.340 e. The summed E-state index contributed by atoms with van der Waals surface area (Å²) in [6.45, 7) is 2.23. The number of aromatic nitrogens is 2. The van der Waals surface area contributed by atoms with Crippen molar-refractivity contribution in [2.24, 2.45) is 0 Å². The van der Waals surface area contributed by atoms with Gasteiger partial charge in [-0.2, -0.15) is 18.2 Å². The van der Waals surface area contributed by atoms with Gasteiger partial charge in [0.05, 0.1) is 5.56 Å². The van der Waals surface area contributed by atoms with E-state index in [9.17, 15) is 17.6 Å². The fraction of sp³-hybridized carbons (Fsp3) is 0.385. The van der Waals surface area contributed by atoms with E-state index < -0.39 is 17.6 Å². The first-order valence-electron chi connectivity index (χ1n) is 6.21. The average Bonchev–Trinajstić information content (AvgIpc) is 2.79. The molecule has 0 saturated carbocycles. The molecule has 0 aliphatic carbocycles. The van der Waals surface area contributed by atoms with Gasteiger partial charge in [0.25, 0.3) is 0 Å². The first-order chi connectivity index (χ1) is 9.84. The quantitative estimate of drug-likeness (QED) is 0.681. The molecule has 0 radical (unpaired) electrons. The zero-order chi connectivity index (χ0) is 15.5. The van der Waals surface area contributed by atoms with Crippen molar-refractivity contribution in [3.05, 3.63) is 46.9 Å². The lowest BCUT2D eigenvalue weighted by Crippen LogP contribution is -2.18. The van der Waals surface area contributed by atoms with Gasteiger partial charge >= 0.3 is 6.18 Å². The maximum atomic E-state index is 13.2. The molecule has 0 unspecified atom stereocenters. The second-order valence-electron chi connectivity index (χ2n) is 4.50. The Morgan fingerprint density at radius 1 is 1.24 bits per heavy atom. The number of alkyl halides is 3. The van der Waals surface area contributed by atoms with E-state index in [0.717, 1.165) is 12.1 Å². The summed E-state index contributed by atoms with van der Waals surface area (Å²) in [6.07, 6.45) is -4.09. The minimum Gasteiger partial charge on any atom is -0.340 e. The minimum absolute atomic E-state index is 0.123. The predicted molar refractivity (Wildman–Crippen MR) is 65.8 cm³/mol. The van der Waals surface area contributed by atoms with E-state index in [1.807, 2.05) is 0 Å². The third-order valence-electron chi connectivity index (χ3n) is 2.71. The fourth-order valence-corrected chi connectivity index (χ4v) is 1.79. The first-order valence-corrected chi connectivity index (χ1v) is 6.21. The fourth-order valence-electron chi connectivity index (χ4n) is 1.79. The third-order valence-corrected chi connectivity index (χ3v) is 2.71. The maximum absolute atomic E-state index is 13.2. The van der Waals surface area contributed by atoms with Gasteiger partial charge in [-0.3, -0.25) is 0 Å². The van der Waals surface area contributed by atoms with Crippen LogP contribution < -0.4 is 5.32 Å². The molecule has 2 rings (SSSR count). The van der Waals surface area contributed by atoms with Crippen LogP contribution in [-0.4, -0.2) is 16.7 Å². The summed E-state index contributed by atoms with van der Waals surface area (Å²) >= 11 is 0. The Kier molecular flexibility index (Phi) is 4.56. The Bertz CT molecular complexity index is 610. The molecule has 0 spiro atoms. The second-order valence-corrected chi connectivity index (χ2v) is 4.50. The number of aryl methyl sites for hydroxylation is 1. The number of nitrogens with one attached hydrogen (secondary N) is 1. The summed E-state index contributed by atoms with van der Waals surface area (Å²) < 4.78 is 55.6. The molecule has 1 heterocycles. The van der Waals surface area contributed by atoms with Crippen LogP contribution in [0.4, 0.5) is 17.6 Å². The van der Waals surface area contributed by atoms with E-state index in [2.05, 4.69) is 15.5 Å². The monoisotopic (exact) mass is 303 g/mol. The zero-order valence-corrected chi connectivity index (χ0v) is 11.2. The summed E-state index contributed by atoms with van der Waals surface area (Å²) in [4.78, 5) is 3.99. The Morgan fingerprint density at radius 2 is 2.00 bits per heavy atom. The molecular formula is C13H13F4N3O. The van der Waals surface area contributed by atoms with Crippen LogP contribution in [0.3, 0.4) is 0 Å². The van der Waals surface area contributed by atoms with Gasteiger partial charge in [0.2, 0.25) is 5.89 Å². The third kappa shape index (κ3) is 4.52. The SMILES string of the molecule is Cc1nc(CCNCc2cc(F)cc(C(F)(F)F)c2)no1. The Labute approximate surface area is 118 Å². The van der Waals surface area contributed by atoms with Gasteiger partial charge in [0.15, 0.2) is 5.82 Å². The van der Waals surface area contributed by atoms with Crippen molar-refractivity contribution in [1.29, 1.82) is 0 Å². The molecule has 21 heavy (non-hydrogen) atoms.